The Balaban J connectivity index is 1.79. The zero-order valence-electron chi connectivity index (χ0n) is 10.7. The van der Waals surface area contributed by atoms with Crippen molar-refractivity contribution in [2.24, 2.45) is 11.8 Å². The van der Waals surface area contributed by atoms with E-state index >= 15 is 0 Å². The monoisotopic (exact) mass is 248 g/mol. The largest absolute Gasteiger partial charge is 0.316 e. The highest BCUT2D eigenvalue weighted by Gasteiger charge is 2.22. The van der Waals surface area contributed by atoms with Gasteiger partial charge in [-0.2, -0.15) is 0 Å². The van der Waals surface area contributed by atoms with Crippen LogP contribution in [0.4, 0.5) is 5.82 Å². The normalized spacial score (nSPS) is 21.3. The van der Waals surface area contributed by atoms with Crippen LogP contribution >= 0.6 is 0 Å². The summed E-state index contributed by atoms with van der Waals surface area (Å²) in [7, 11) is 0. The van der Waals surface area contributed by atoms with E-state index in [4.69, 9.17) is 0 Å². The maximum absolute atomic E-state index is 11.9. The molecule has 1 fully saturated rings. The second-order valence-corrected chi connectivity index (χ2v) is 4.93. The lowest BCUT2D eigenvalue weighted by molar-refractivity contribution is -0.117. The molecule has 2 heterocycles. The van der Waals surface area contributed by atoms with Crippen LogP contribution in [0.2, 0.25) is 0 Å². The van der Waals surface area contributed by atoms with Gasteiger partial charge in [0.2, 0.25) is 5.91 Å². The Hall–Kier alpha value is -1.49. The average Bonchev–Trinajstić information content (AvgIpc) is 2.40. The molecule has 2 atom stereocenters. The average molecular weight is 248 g/mol. The fourth-order valence-electron chi connectivity index (χ4n) is 2.38. The maximum Gasteiger partial charge on any atom is 0.225 e. The molecule has 1 aliphatic heterocycles. The molecule has 1 amide bonds. The lowest BCUT2D eigenvalue weighted by Crippen LogP contribution is -2.34. The highest BCUT2D eigenvalue weighted by Crippen LogP contribution is 2.22. The summed E-state index contributed by atoms with van der Waals surface area (Å²) in [4.78, 5) is 19.8. The van der Waals surface area contributed by atoms with Gasteiger partial charge in [-0.3, -0.25) is 9.78 Å². The number of hydrogen-bond acceptors (Lipinski definition) is 4. The van der Waals surface area contributed by atoms with E-state index in [0.717, 1.165) is 13.1 Å². The first-order valence-electron chi connectivity index (χ1n) is 6.52. The van der Waals surface area contributed by atoms with Crippen molar-refractivity contribution in [3.05, 3.63) is 18.6 Å². The Labute approximate surface area is 107 Å². The van der Waals surface area contributed by atoms with Gasteiger partial charge in [0, 0.05) is 18.8 Å². The zero-order chi connectivity index (χ0) is 12.8. The van der Waals surface area contributed by atoms with E-state index in [1.165, 1.54) is 12.8 Å². The lowest BCUT2D eigenvalue weighted by Gasteiger charge is -2.27. The summed E-state index contributed by atoms with van der Waals surface area (Å²) >= 11 is 0. The number of nitrogens with zero attached hydrogens (tertiary/aromatic N) is 2. The van der Waals surface area contributed by atoms with E-state index in [0.29, 0.717) is 24.1 Å². The van der Waals surface area contributed by atoms with Crippen LogP contribution in [0.5, 0.6) is 0 Å². The van der Waals surface area contributed by atoms with Crippen LogP contribution < -0.4 is 10.6 Å². The number of nitrogens with one attached hydrogen (secondary N) is 2. The minimum absolute atomic E-state index is 0.0218. The summed E-state index contributed by atoms with van der Waals surface area (Å²) in [6.45, 7) is 4.28. The maximum atomic E-state index is 11.9. The fourth-order valence-corrected chi connectivity index (χ4v) is 2.38. The van der Waals surface area contributed by atoms with Crippen molar-refractivity contribution >= 4 is 11.7 Å². The minimum atomic E-state index is 0.0218. The smallest absolute Gasteiger partial charge is 0.225 e. The molecule has 0 bridgehead atoms. The van der Waals surface area contributed by atoms with Gasteiger partial charge >= 0.3 is 0 Å². The van der Waals surface area contributed by atoms with Crippen LogP contribution in [-0.2, 0) is 4.79 Å². The first-order valence-corrected chi connectivity index (χ1v) is 6.52. The van der Waals surface area contributed by atoms with Gasteiger partial charge in [0.1, 0.15) is 0 Å². The van der Waals surface area contributed by atoms with E-state index in [-0.39, 0.29) is 5.91 Å². The third-order valence-corrected chi connectivity index (χ3v) is 3.48. The second-order valence-electron chi connectivity index (χ2n) is 4.93. The van der Waals surface area contributed by atoms with Gasteiger partial charge in [-0.1, -0.05) is 6.92 Å². The molecule has 0 spiro atoms. The molecule has 1 aromatic rings. The van der Waals surface area contributed by atoms with Crippen molar-refractivity contribution in [2.75, 3.05) is 18.4 Å². The highest BCUT2D eigenvalue weighted by atomic mass is 16.1. The Kier molecular flexibility index (Phi) is 4.64. The Bertz CT molecular complexity index is 376. The van der Waals surface area contributed by atoms with Gasteiger partial charge in [-0.05, 0) is 37.8 Å². The number of piperidine rings is 1. The van der Waals surface area contributed by atoms with E-state index in [9.17, 15) is 4.79 Å². The minimum Gasteiger partial charge on any atom is -0.316 e. The van der Waals surface area contributed by atoms with Crippen LogP contribution in [0, 0.1) is 11.8 Å². The van der Waals surface area contributed by atoms with Gasteiger partial charge in [0.15, 0.2) is 5.82 Å². The quantitative estimate of drug-likeness (QED) is 0.846. The van der Waals surface area contributed by atoms with Gasteiger partial charge in [-0.25, -0.2) is 4.98 Å². The third kappa shape index (κ3) is 3.77. The molecule has 0 radical (unpaired) electrons. The number of carbonyl (C=O) groups excluding carboxylic acids is 1. The first kappa shape index (κ1) is 13.0. The molecule has 98 valence electrons. The zero-order valence-corrected chi connectivity index (χ0v) is 10.7. The number of rotatable bonds is 4. The van der Waals surface area contributed by atoms with Crippen molar-refractivity contribution in [1.29, 1.82) is 0 Å². The predicted octanol–water partition coefficient (Wildman–Crippen LogP) is 1.44. The van der Waals surface area contributed by atoms with Crippen molar-refractivity contribution in [3.8, 4) is 0 Å². The molecule has 2 N–H and O–H groups in total. The standard InChI is InChI=1S/C13H20N4O/c1-10(11-3-2-4-14-8-11)7-13(18)17-12-9-15-5-6-16-12/h5-6,9-11,14H,2-4,7-8H2,1H3,(H,16,17,18). The molecule has 0 saturated carbocycles. The van der Waals surface area contributed by atoms with E-state index in [1.54, 1.807) is 18.6 Å². The Morgan fingerprint density at radius 1 is 1.61 bits per heavy atom. The summed E-state index contributed by atoms with van der Waals surface area (Å²) in [5.41, 5.74) is 0. The molecule has 1 aliphatic rings. The van der Waals surface area contributed by atoms with Crippen LogP contribution in [0.3, 0.4) is 0 Å². The number of aromatic nitrogens is 2. The summed E-state index contributed by atoms with van der Waals surface area (Å²) < 4.78 is 0. The molecular formula is C13H20N4O. The lowest BCUT2D eigenvalue weighted by atomic mass is 9.85. The number of amides is 1. The molecular weight excluding hydrogens is 228 g/mol. The molecule has 0 aliphatic carbocycles. The SMILES string of the molecule is CC(CC(=O)Nc1cnccn1)C1CCCNC1. The van der Waals surface area contributed by atoms with E-state index < -0.39 is 0 Å². The van der Waals surface area contributed by atoms with Gasteiger partial charge in [0.05, 0.1) is 6.20 Å². The van der Waals surface area contributed by atoms with Crippen LogP contribution in [0.1, 0.15) is 26.2 Å². The predicted molar refractivity (Wildman–Crippen MR) is 70.0 cm³/mol. The van der Waals surface area contributed by atoms with Crippen molar-refractivity contribution in [1.82, 2.24) is 15.3 Å². The third-order valence-electron chi connectivity index (χ3n) is 3.48. The van der Waals surface area contributed by atoms with E-state index in [1.807, 2.05) is 0 Å². The number of anilines is 1. The number of carbonyl (C=O) groups is 1. The molecule has 5 nitrogen and oxygen atoms in total. The number of hydrogen-bond donors (Lipinski definition) is 2. The highest BCUT2D eigenvalue weighted by molar-refractivity contribution is 5.89. The second kappa shape index (κ2) is 6.44. The van der Waals surface area contributed by atoms with Crippen LogP contribution in [-0.4, -0.2) is 29.0 Å². The molecule has 18 heavy (non-hydrogen) atoms. The molecule has 1 aromatic heterocycles. The molecule has 2 unspecified atom stereocenters. The van der Waals surface area contributed by atoms with Crippen LogP contribution in [0.15, 0.2) is 18.6 Å². The van der Waals surface area contributed by atoms with Crippen molar-refractivity contribution < 1.29 is 4.79 Å². The van der Waals surface area contributed by atoms with E-state index in [2.05, 4.69) is 27.5 Å². The van der Waals surface area contributed by atoms with Gasteiger partial charge in [0.25, 0.3) is 0 Å². The first-order chi connectivity index (χ1) is 8.75. The Morgan fingerprint density at radius 2 is 2.50 bits per heavy atom. The molecule has 0 aromatic carbocycles. The van der Waals surface area contributed by atoms with Gasteiger partial charge in [-0.15, -0.1) is 0 Å². The summed E-state index contributed by atoms with van der Waals surface area (Å²) in [6, 6.07) is 0. The summed E-state index contributed by atoms with van der Waals surface area (Å²) in [5, 5.41) is 6.16. The molecule has 2 rings (SSSR count). The van der Waals surface area contributed by atoms with Crippen molar-refractivity contribution in [3.63, 3.8) is 0 Å². The molecule has 5 heteroatoms. The topological polar surface area (TPSA) is 66.9 Å². The Morgan fingerprint density at radius 3 is 3.17 bits per heavy atom. The van der Waals surface area contributed by atoms with Crippen LogP contribution in [0.25, 0.3) is 0 Å². The fraction of sp³-hybridized carbons (Fsp3) is 0.615. The summed E-state index contributed by atoms with van der Waals surface area (Å²) in [5.74, 6) is 1.55. The van der Waals surface area contributed by atoms with Gasteiger partial charge < -0.3 is 10.6 Å². The van der Waals surface area contributed by atoms with Crippen molar-refractivity contribution in [2.45, 2.75) is 26.2 Å². The molecule has 1 saturated heterocycles. The summed E-state index contributed by atoms with van der Waals surface area (Å²) in [6.07, 6.45) is 7.69.